The molecule has 0 bridgehead atoms. The van der Waals surface area contributed by atoms with E-state index in [4.69, 9.17) is 4.74 Å². The van der Waals surface area contributed by atoms with Gasteiger partial charge in [-0.15, -0.1) is 0 Å². The second-order valence-corrected chi connectivity index (χ2v) is 7.31. The molecule has 0 fully saturated rings. The van der Waals surface area contributed by atoms with Crippen molar-refractivity contribution in [1.82, 2.24) is 4.90 Å². The number of hydrogen-bond acceptors (Lipinski definition) is 5. The van der Waals surface area contributed by atoms with Gasteiger partial charge in [-0.1, -0.05) is 23.9 Å². The van der Waals surface area contributed by atoms with E-state index in [-0.39, 0.29) is 17.6 Å². The topological polar surface area (TPSA) is 59.0 Å². The minimum absolute atomic E-state index is 0.201. The molecule has 5 nitrogen and oxygen atoms in total. The molecule has 23 heavy (non-hydrogen) atoms. The Balaban J connectivity index is 2.19. The van der Waals surface area contributed by atoms with Gasteiger partial charge in [-0.25, -0.2) is 9.18 Å². The fourth-order valence-electron chi connectivity index (χ4n) is 1.90. The molecule has 0 aromatic heterocycles. The lowest BCUT2D eigenvalue weighted by Crippen LogP contribution is -2.39. The predicted octanol–water partition coefficient (Wildman–Crippen LogP) is 3.23. The van der Waals surface area contributed by atoms with E-state index in [9.17, 15) is 14.0 Å². The molecule has 1 aromatic rings. The maximum atomic E-state index is 13.0. The van der Waals surface area contributed by atoms with Gasteiger partial charge >= 0.3 is 6.09 Å². The highest BCUT2D eigenvalue weighted by Gasteiger charge is 2.31. The molecule has 0 N–H and O–H groups in total. The number of thioether (sulfide) groups is 1. The first kappa shape index (κ1) is 17.5. The van der Waals surface area contributed by atoms with Crippen LogP contribution in [0.2, 0.25) is 0 Å². The van der Waals surface area contributed by atoms with Crippen molar-refractivity contribution in [2.24, 2.45) is 4.99 Å². The molecular formula is C16H19FN2O3S. The molecule has 0 saturated heterocycles. The zero-order valence-corrected chi connectivity index (χ0v) is 14.1. The van der Waals surface area contributed by atoms with E-state index in [2.05, 4.69) is 4.99 Å². The minimum atomic E-state index is -0.647. The summed E-state index contributed by atoms with van der Waals surface area (Å²) in [6.45, 7) is 5.87. The van der Waals surface area contributed by atoms with Gasteiger partial charge in [0.15, 0.2) is 5.17 Å². The number of halogens is 1. The molecule has 1 heterocycles. The Morgan fingerprint density at radius 2 is 2.09 bits per heavy atom. The standard InChI is InChI=1S/C16H19FN2O3S/c1-16(2,3)22-15(21)19(14-18-8-13(10-20)23-14)9-11-4-6-12(17)7-5-11/h4-7,10,13H,8-9H2,1-3H3. The molecular weight excluding hydrogens is 319 g/mol. The lowest BCUT2D eigenvalue weighted by atomic mass is 10.2. The SMILES string of the molecule is CC(C)(C)OC(=O)N(Cc1ccc(F)cc1)C1=NCC(C=O)S1. The van der Waals surface area contributed by atoms with E-state index in [1.807, 2.05) is 0 Å². The molecule has 0 spiro atoms. The lowest BCUT2D eigenvalue weighted by molar-refractivity contribution is -0.107. The lowest BCUT2D eigenvalue weighted by Gasteiger charge is -2.27. The second kappa shape index (κ2) is 7.12. The summed E-state index contributed by atoms with van der Waals surface area (Å²) in [6.07, 6.45) is 0.270. The van der Waals surface area contributed by atoms with Crippen LogP contribution in [0, 0.1) is 5.82 Å². The summed E-state index contributed by atoms with van der Waals surface area (Å²) in [5.74, 6) is -0.342. The van der Waals surface area contributed by atoms with Gasteiger partial charge in [0.1, 0.15) is 17.7 Å². The van der Waals surface area contributed by atoms with Crippen LogP contribution in [0.5, 0.6) is 0 Å². The summed E-state index contributed by atoms with van der Waals surface area (Å²) in [6, 6.07) is 5.87. The van der Waals surface area contributed by atoms with E-state index < -0.39 is 11.7 Å². The van der Waals surface area contributed by atoms with E-state index >= 15 is 0 Å². The van der Waals surface area contributed by atoms with Gasteiger partial charge in [-0.2, -0.15) is 0 Å². The smallest absolute Gasteiger partial charge is 0.416 e. The molecule has 0 aliphatic carbocycles. The van der Waals surface area contributed by atoms with Crippen molar-refractivity contribution in [2.45, 2.75) is 38.2 Å². The van der Waals surface area contributed by atoms with E-state index in [1.54, 1.807) is 32.9 Å². The number of carbonyl (C=O) groups is 2. The first-order chi connectivity index (χ1) is 10.8. The minimum Gasteiger partial charge on any atom is -0.443 e. The highest BCUT2D eigenvalue weighted by molar-refractivity contribution is 8.15. The van der Waals surface area contributed by atoms with Gasteiger partial charge < -0.3 is 9.53 Å². The Hall–Kier alpha value is -1.89. The van der Waals surface area contributed by atoms with Crippen LogP contribution in [0.25, 0.3) is 0 Å². The molecule has 7 heteroatoms. The first-order valence-corrected chi connectivity index (χ1v) is 8.08. The Kier molecular flexibility index (Phi) is 5.41. The largest absolute Gasteiger partial charge is 0.443 e. The highest BCUT2D eigenvalue weighted by Crippen LogP contribution is 2.25. The summed E-state index contributed by atoms with van der Waals surface area (Å²) in [4.78, 5) is 29.0. The molecule has 1 aliphatic heterocycles. The Morgan fingerprint density at radius 1 is 1.43 bits per heavy atom. The van der Waals surface area contributed by atoms with Crippen LogP contribution < -0.4 is 0 Å². The zero-order valence-electron chi connectivity index (χ0n) is 13.3. The number of aldehydes is 1. The summed E-state index contributed by atoms with van der Waals surface area (Å²) < 4.78 is 18.4. The van der Waals surface area contributed by atoms with Gasteiger partial charge in [0.05, 0.1) is 18.3 Å². The third-order valence-corrected chi connectivity index (χ3v) is 4.04. The van der Waals surface area contributed by atoms with Gasteiger partial charge in [-0.3, -0.25) is 9.89 Å². The van der Waals surface area contributed by atoms with E-state index in [0.29, 0.717) is 11.7 Å². The molecule has 1 atom stereocenters. The fourth-order valence-corrected chi connectivity index (χ4v) is 2.79. The number of benzene rings is 1. The number of amidine groups is 1. The third kappa shape index (κ3) is 5.06. The quantitative estimate of drug-likeness (QED) is 0.794. The molecule has 0 saturated carbocycles. The van der Waals surface area contributed by atoms with Crippen LogP contribution in [0.3, 0.4) is 0 Å². The number of aliphatic imine (C=N–C) groups is 1. The summed E-state index contributed by atoms with van der Waals surface area (Å²) in [5, 5.41) is 0.156. The van der Waals surface area contributed by atoms with Crippen molar-refractivity contribution in [3.8, 4) is 0 Å². The predicted molar refractivity (Wildman–Crippen MR) is 87.9 cm³/mol. The summed E-state index contributed by atoms with van der Waals surface area (Å²) in [7, 11) is 0. The van der Waals surface area contributed by atoms with E-state index in [0.717, 1.165) is 11.8 Å². The molecule has 0 radical (unpaired) electrons. The maximum Gasteiger partial charge on any atom is 0.416 e. The Labute approximate surface area is 138 Å². The number of rotatable bonds is 3. The first-order valence-electron chi connectivity index (χ1n) is 7.20. The third-order valence-electron chi connectivity index (χ3n) is 2.91. The van der Waals surface area contributed by atoms with Crippen LogP contribution in [-0.4, -0.2) is 39.8 Å². The number of carbonyl (C=O) groups excluding carboxylic acids is 2. The van der Waals surface area contributed by atoms with Crippen LogP contribution in [0.4, 0.5) is 9.18 Å². The van der Waals surface area contributed by atoms with Gasteiger partial charge in [-0.05, 0) is 38.5 Å². The Morgan fingerprint density at radius 3 is 2.61 bits per heavy atom. The van der Waals surface area contributed by atoms with Crippen molar-refractivity contribution in [3.63, 3.8) is 0 Å². The molecule has 2 rings (SSSR count). The number of hydrogen-bond donors (Lipinski definition) is 0. The zero-order chi connectivity index (χ0) is 17.0. The van der Waals surface area contributed by atoms with Gasteiger partial charge in [0, 0.05) is 0 Å². The maximum absolute atomic E-state index is 13.0. The fraction of sp³-hybridized carbons (Fsp3) is 0.438. The van der Waals surface area contributed by atoms with Crippen LogP contribution in [0.1, 0.15) is 26.3 Å². The van der Waals surface area contributed by atoms with Gasteiger partial charge in [0.25, 0.3) is 0 Å². The summed E-state index contributed by atoms with van der Waals surface area (Å²) >= 11 is 1.23. The van der Waals surface area contributed by atoms with E-state index in [1.165, 1.54) is 28.8 Å². The molecule has 1 unspecified atom stereocenters. The second-order valence-electron chi connectivity index (χ2n) is 6.11. The average Bonchev–Trinajstić information content (AvgIpc) is 2.93. The van der Waals surface area contributed by atoms with Crippen LogP contribution in [-0.2, 0) is 16.1 Å². The highest BCUT2D eigenvalue weighted by atomic mass is 32.2. The van der Waals surface area contributed by atoms with Gasteiger partial charge in [0.2, 0.25) is 0 Å². The average molecular weight is 338 g/mol. The molecule has 124 valence electrons. The normalized spacial score (nSPS) is 17.6. The Bertz CT molecular complexity index is 611. The van der Waals surface area contributed by atoms with Crippen molar-refractivity contribution in [3.05, 3.63) is 35.6 Å². The van der Waals surface area contributed by atoms with Crippen molar-refractivity contribution in [2.75, 3.05) is 6.54 Å². The summed E-state index contributed by atoms with van der Waals surface area (Å²) in [5.41, 5.74) is 0.0987. The molecule has 1 amide bonds. The molecule has 1 aliphatic rings. The number of ether oxygens (including phenoxy) is 1. The van der Waals surface area contributed by atoms with Crippen molar-refractivity contribution >= 4 is 29.3 Å². The molecule has 1 aromatic carbocycles. The number of amides is 1. The van der Waals surface area contributed by atoms with Crippen LogP contribution >= 0.6 is 11.8 Å². The number of nitrogens with zero attached hydrogens (tertiary/aromatic N) is 2. The van der Waals surface area contributed by atoms with Crippen molar-refractivity contribution in [1.29, 1.82) is 0 Å². The van der Waals surface area contributed by atoms with Crippen molar-refractivity contribution < 1.29 is 18.7 Å². The monoisotopic (exact) mass is 338 g/mol. The van der Waals surface area contributed by atoms with Crippen LogP contribution in [0.15, 0.2) is 29.3 Å².